The van der Waals surface area contributed by atoms with Gasteiger partial charge in [0.15, 0.2) is 0 Å². The van der Waals surface area contributed by atoms with Crippen LogP contribution in [0.1, 0.15) is 34.2 Å². The van der Waals surface area contributed by atoms with E-state index >= 15 is 0 Å². The molecule has 8 heteroatoms. The molecule has 0 bridgehead atoms. The fraction of sp³-hybridized carbons (Fsp3) is 0.294. The zero-order valence-corrected chi connectivity index (χ0v) is 13.7. The smallest absolute Gasteiger partial charge is 0.269 e. The lowest BCUT2D eigenvalue weighted by atomic mass is 10.0. The lowest BCUT2D eigenvalue weighted by Crippen LogP contribution is -2.48. The van der Waals surface area contributed by atoms with E-state index in [1.807, 2.05) is 19.1 Å². The van der Waals surface area contributed by atoms with Crippen LogP contribution in [-0.4, -0.2) is 55.7 Å². The number of hydrogen-bond acceptors (Lipinski definition) is 4. The average molecular weight is 338 g/mol. The number of aromatic nitrogens is 4. The molecule has 3 heterocycles. The summed E-state index contributed by atoms with van der Waals surface area (Å²) in [7, 11) is 0. The Labute approximate surface area is 143 Å². The van der Waals surface area contributed by atoms with Crippen LogP contribution in [0.5, 0.6) is 0 Å². The Hall–Kier alpha value is -3.16. The zero-order chi connectivity index (χ0) is 17.4. The van der Waals surface area contributed by atoms with Crippen molar-refractivity contribution in [2.75, 3.05) is 13.1 Å². The topological polar surface area (TPSA) is 107 Å². The molecule has 4 rings (SSSR count). The Morgan fingerprint density at radius 1 is 1.24 bits per heavy atom. The molecule has 1 aliphatic rings. The van der Waals surface area contributed by atoms with Crippen molar-refractivity contribution in [3.63, 3.8) is 0 Å². The second kappa shape index (κ2) is 5.73. The maximum Gasteiger partial charge on any atom is 0.269 e. The van der Waals surface area contributed by atoms with Crippen molar-refractivity contribution in [1.29, 1.82) is 0 Å². The van der Waals surface area contributed by atoms with Gasteiger partial charge < -0.3 is 10.2 Å². The molecule has 2 amide bonds. The standard InChI is InChI=1S/C17H18N6O2/c1-17(20-15(24)14-5-7-18-22-14)6-8-23(10-17)16(25)11-3-2-4-13-12(11)9-19-21-13/h2-5,7,9H,6,8,10H2,1H3,(H,18,22)(H,19,21)(H,20,24). The zero-order valence-electron chi connectivity index (χ0n) is 13.7. The minimum absolute atomic E-state index is 0.0495. The van der Waals surface area contributed by atoms with E-state index in [0.717, 1.165) is 10.9 Å². The summed E-state index contributed by atoms with van der Waals surface area (Å²) in [5.74, 6) is -0.266. The summed E-state index contributed by atoms with van der Waals surface area (Å²) in [6.07, 6.45) is 3.89. The second-order valence-corrected chi connectivity index (χ2v) is 6.60. The number of carbonyl (C=O) groups excluding carboxylic acids is 2. The number of fused-ring (bicyclic) bond motifs is 1. The number of H-pyrrole nitrogens is 2. The van der Waals surface area contributed by atoms with Gasteiger partial charge in [0.25, 0.3) is 11.8 Å². The molecule has 8 nitrogen and oxygen atoms in total. The van der Waals surface area contributed by atoms with Crippen LogP contribution in [0.3, 0.4) is 0 Å². The Morgan fingerprint density at radius 3 is 2.92 bits per heavy atom. The summed E-state index contributed by atoms with van der Waals surface area (Å²) in [5, 5.41) is 17.1. The molecule has 0 radical (unpaired) electrons. The number of hydrogen-bond donors (Lipinski definition) is 3. The molecule has 0 aliphatic carbocycles. The number of aromatic amines is 2. The van der Waals surface area contributed by atoms with Gasteiger partial charge in [0, 0.05) is 24.7 Å². The van der Waals surface area contributed by atoms with E-state index in [4.69, 9.17) is 0 Å². The maximum atomic E-state index is 12.9. The van der Waals surface area contributed by atoms with E-state index in [0.29, 0.717) is 30.8 Å². The van der Waals surface area contributed by atoms with Crippen LogP contribution < -0.4 is 5.32 Å². The van der Waals surface area contributed by atoms with Crippen LogP contribution in [0.15, 0.2) is 36.7 Å². The molecule has 1 unspecified atom stereocenters. The lowest BCUT2D eigenvalue weighted by Gasteiger charge is -2.26. The maximum absolute atomic E-state index is 12.9. The molecule has 25 heavy (non-hydrogen) atoms. The average Bonchev–Trinajstić information content (AvgIpc) is 3.34. The Balaban J connectivity index is 1.51. The number of likely N-dealkylation sites (tertiary alicyclic amines) is 1. The van der Waals surface area contributed by atoms with E-state index in [1.54, 1.807) is 23.2 Å². The van der Waals surface area contributed by atoms with Gasteiger partial charge in [0.05, 0.1) is 22.8 Å². The summed E-state index contributed by atoms with van der Waals surface area (Å²) in [6.45, 7) is 3.00. The van der Waals surface area contributed by atoms with E-state index in [2.05, 4.69) is 25.7 Å². The first-order chi connectivity index (χ1) is 12.1. The van der Waals surface area contributed by atoms with Gasteiger partial charge in [0.1, 0.15) is 5.69 Å². The van der Waals surface area contributed by atoms with Crippen LogP contribution in [0.4, 0.5) is 0 Å². The van der Waals surface area contributed by atoms with Gasteiger partial charge in [-0.15, -0.1) is 0 Å². The Bertz CT molecular complexity index is 932. The van der Waals surface area contributed by atoms with Crippen molar-refractivity contribution in [2.45, 2.75) is 18.9 Å². The van der Waals surface area contributed by atoms with E-state index in [-0.39, 0.29) is 11.8 Å². The van der Waals surface area contributed by atoms with Gasteiger partial charge in [-0.2, -0.15) is 10.2 Å². The van der Waals surface area contributed by atoms with E-state index < -0.39 is 5.54 Å². The summed E-state index contributed by atoms with van der Waals surface area (Å²) >= 11 is 0. The summed E-state index contributed by atoms with van der Waals surface area (Å²) in [4.78, 5) is 26.9. The number of nitrogens with one attached hydrogen (secondary N) is 3. The van der Waals surface area contributed by atoms with Crippen molar-refractivity contribution < 1.29 is 9.59 Å². The van der Waals surface area contributed by atoms with Gasteiger partial charge in [-0.3, -0.25) is 19.8 Å². The minimum atomic E-state index is -0.470. The van der Waals surface area contributed by atoms with Gasteiger partial charge in [0.2, 0.25) is 0 Å². The lowest BCUT2D eigenvalue weighted by molar-refractivity contribution is 0.0770. The predicted molar refractivity (Wildman–Crippen MR) is 91.1 cm³/mol. The Morgan fingerprint density at radius 2 is 2.12 bits per heavy atom. The van der Waals surface area contributed by atoms with E-state index in [9.17, 15) is 9.59 Å². The quantitative estimate of drug-likeness (QED) is 0.669. The number of amides is 2. The molecule has 1 aromatic carbocycles. The molecule has 2 aromatic heterocycles. The third-order valence-corrected chi connectivity index (χ3v) is 4.64. The summed E-state index contributed by atoms with van der Waals surface area (Å²) in [6, 6.07) is 7.15. The monoisotopic (exact) mass is 338 g/mol. The molecular formula is C17H18N6O2. The minimum Gasteiger partial charge on any atom is -0.344 e. The highest BCUT2D eigenvalue weighted by molar-refractivity contribution is 6.06. The number of rotatable bonds is 3. The number of benzene rings is 1. The second-order valence-electron chi connectivity index (χ2n) is 6.60. The highest BCUT2D eigenvalue weighted by Crippen LogP contribution is 2.25. The molecule has 1 atom stereocenters. The number of nitrogens with zero attached hydrogens (tertiary/aromatic N) is 3. The van der Waals surface area contributed by atoms with Gasteiger partial charge in [-0.05, 0) is 31.5 Å². The van der Waals surface area contributed by atoms with Crippen LogP contribution >= 0.6 is 0 Å². The fourth-order valence-electron chi connectivity index (χ4n) is 3.29. The van der Waals surface area contributed by atoms with Crippen molar-refractivity contribution in [2.24, 2.45) is 0 Å². The van der Waals surface area contributed by atoms with E-state index in [1.165, 1.54) is 6.20 Å². The largest absolute Gasteiger partial charge is 0.344 e. The molecule has 1 fully saturated rings. The highest BCUT2D eigenvalue weighted by atomic mass is 16.2. The molecule has 1 aliphatic heterocycles. The molecule has 1 saturated heterocycles. The molecule has 3 aromatic rings. The van der Waals surface area contributed by atoms with Crippen LogP contribution in [0.25, 0.3) is 10.9 Å². The van der Waals surface area contributed by atoms with Crippen LogP contribution in [-0.2, 0) is 0 Å². The summed E-state index contributed by atoms with van der Waals surface area (Å²) in [5.41, 5.74) is 1.40. The normalized spacial score (nSPS) is 20.1. The first kappa shape index (κ1) is 15.4. The number of carbonyl (C=O) groups is 2. The van der Waals surface area contributed by atoms with Crippen LogP contribution in [0, 0.1) is 0 Å². The first-order valence-electron chi connectivity index (χ1n) is 8.09. The molecule has 3 N–H and O–H groups in total. The van der Waals surface area contributed by atoms with Gasteiger partial charge >= 0.3 is 0 Å². The van der Waals surface area contributed by atoms with Crippen LogP contribution in [0.2, 0.25) is 0 Å². The molecule has 0 spiro atoms. The van der Waals surface area contributed by atoms with Gasteiger partial charge in [-0.25, -0.2) is 0 Å². The molecule has 128 valence electrons. The SMILES string of the molecule is CC1(NC(=O)c2ccn[nH]2)CCN(C(=O)c2cccc3[nH]ncc23)C1. The third kappa shape index (κ3) is 2.75. The third-order valence-electron chi connectivity index (χ3n) is 4.64. The fourth-order valence-corrected chi connectivity index (χ4v) is 3.29. The predicted octanol–water partition coefficient (Wildman–Crippen LogP) is 1.32. The van der Waals surface area contributed by atoms with Crippen molar-refractivity contribution in [1.82, 2.24) is 30.6 Å². The first-order valence-corrected chi connectivity index (χ1v) is 8.09. The molecule has 0 saturated carbocycles. The van der Waals surface area contributed by atoms with Crippen molar-refractivity contribution in [3.05, 3.63) is 47.9 Å². The highest BCUT2D eigenvalue weighted by Gasteiger charge is 2.38. The molecular weight excluding hydrogens is 320 g/mol. The van der Waals surface area contributed by atoms with Gasteiger partial charge in [-0.1, -0.05) is 6.07 Å². The summed E-state index contributed by atoms with van der Waals surface area (Å²) < 4.78 is 0. The van der Waals surface area contributed by atoms with Crippen molar-refractivity contribution >= 4 is 22.7 Å². The Kier molecular flexibility index (Phi) is 3.52. The van der Waals surface area contributed by atoms with Crippen molar-refractivity contribution in [3.8, 4) is 0 Å².